The first-order valence-electron chi connectivity index (χ1n) is 14.1. The van der Waals surface area contributed by atoms with E-state index in [2.05, 4.69) is 152 Å². The van der Waals surface area contributed by atoms with Crippen LogP contribution in [0.4, 0.5) is 0 Å². The molecule has 188 valence electrons. The second-order valence-corrected chi connectivity index (χ2v) is 10.8. The molecule has 0 heteroatoms. The molecule has 0 bridgehead atoms. The molecule has 6 aromatic carbocycles. The standard InChI is InChI=1S/C40H28/c1-5-13-27(14-6-1)35-25-36(28-15-7-2-8-16-28)32-23-24-34-38(30-19-11-4-12-20-30)26-37(29-17-9-3-10-18-29)33-22-21-31(35)39(32)40(33)34/h1-23,25-26,36H,24H2. The molecule has 0 heterocycles. The van der Waals surface area contributed by atoms with Gasteiger partial charge in [0, 0.05) is 5.92 Å². The van der Waals surface area contributed by atoms with Gasteiger partial charge in [0.2, 0.25) is 0 Å². The lowest BCUT2D eigenvalue weighted by molar-refractivity contribution is 1.07. The average molecular weight is 509 g/mol. The van der Waals surface area contributed by atoms with Gasteiger partial charge in [-0.2, -0.15) is 0 Å². The van der Waals surface area contributed by atoms with Crippen LogP contribution in [0.5, 0.6) is 0 Å². The zero-order valence-corrected chi connectivity index (χ0v) is 22.2. The topological polar surface area (TPSA) is 0 Å². The van der Waals surface area contributed by atoms with Crippen LogP contribution < -0.4 is 0 Å². The van der Waals surface area contributed by atoms with Crippen molar-refractivity contribution in [1.82, 2.24) is 0 Å². The van der Waals surface area contributed by atoms with Crippen molar-refractivity contribution >= 4 is 21.9 Å². The minimum Gasteiger partial charge on any atom is -0.0753 e. The number of benzene rings is 6. The summed E-state index contributed by atoms with van der Waals surface area (Å²) in [5.41, 5.74) is 14.7. The molecule has 0 saturated carbocycles. The van der Waals surface area contributed by atoms with Crippen molar-refractivity contribution in [2.24, 2.45) is 0 Å². The Kier molecular flexibility index (Phi) is 5.38. The smallest absolute Gasteiger partial charge is 0.0282 e. The van der Waals surface area contributed by atoms with Gasteiger partial charge in [0.1, 0.15) is 0 Å². The van der Waals surface area contributed by atoms with E-state index in [1.54, 1.807) is 0 Å². The van der Waals surface area contributed by atoms with E-state index < -0.39 is 0 Å². The fraction of sp³-hybridized carbons (Fsp3) is 0.0500. The van der Waals surface area contributed by atoms with Crippen LogP contribution in [-0.2, 0) is 6.42 Å². The minimum atomic E-state index is 0.211. The van der Waals surface area contributed by atoms with Crippen LogP contribution in [0, 0.1) is 0 Å². The molecule has 1 atom stereocenters. The maximum Gasteiger partial charge on any atom is 0.0282 e. The molecule has 0 radical (unpaired) electrons. The fourth-order valence-electron chi connectivity index (χ4n) is 6.80. The second-order valence-electron chi connectivity index (χ2n) is 10.8. The van der Waals surface area contributed by atoms with Gasteiger partial charge >= 0.3 is 0 Å². The van der Waals surface area contributed by atoms with Crippen LogP contribution in [0.1, 0.15) is 33.7 Å². The third kappa shape index (κ3) is 3.61. The Hall–Kier alpha value is -4.94. The van der Waals surface area contributed by atoms with Gasteiger partial charge in [-0.15, -0.1) is 0 Å². The van der Waals surface area contributed by atoms with Gasteiger partial charge in [0.05, 0.1) is 0 Å². The Labute approximate surface area is 235 Å². The van der Waals surface area contributed by atoms with Crippen LogP contribution in [0.2, 0.25) is 0 Å². The molecule has 0 aliphatic heterocycles. The first kappa shape index (κ1) is 23.0. The van der Waals surface area contributed by atoms with Crippen LogP contribution in [-0.4, -0.2) is 0 Å². The lowest BCUT2D eigenvalue weighted by Gasteiger charge is -2.33. The quantitative estimate of drug-likeness (QED) is 0.222. The molecule has 0 N–H and O–H groups in total. The molecular formula is C40H28. The van der Waals surface area contributed by atoms with Gasteiger partial charge < -0.3 is 0 Å². The summed E-state index contributed by atoms with van der Waals surface area (Å²) in [6.45, 7) is 0. The monoisotopic (exact) mass is 508 g/mol. The molecule has 1 unspecified atom stereocenters. The molecule has 0 nitrogen and oxygen atoms in total. The van der Waals surface area contributed by atoms with Gasteiger partial charge in [0.25, 0.3) is 0 Å². The van der Waals surface area contributed by atoms with Gasteiger partial charge in [-0.05, 0) is 84.5 Å². The van der Waals surface area contributed by atoms with E-state index in [1.807, 2.05) is 0 Å². The van der Waals surface area contributed by atoms with E-state index >= 15 is 0 Å². The van der Waals surface area contributed by atoms with E-state index in [1.165, 1.54) is 72.0 Å². The summed E-state index contributed by atoms with van der Waals surface area (Å²) in [6, 6.07) is 50.9. The highest BCUT2D eigenvalue weighted by atomic mass is 14.3. The van der Waals surface area contributed by atoms with Crippen molar-refractivity contribution in [3.8, 4) is 22.3 Å². The molecule has 2 aliphatic rings. The lowest BCUT2D eigenvalue weighted by Crippen LogP contribution is -2.14. The Bertz CT molecular complexity index is 1930. The first-order chi connectivity index (χ1) is 19.9. The Morgan fingerprint density at radius 3 is 1.73 bits per heavy atom. The normalized spacial score (nSPS) is 15.4. The van der Waals surface area contributed by atoms with Crippen LogP contribution >= 0.6 is 0 Å². The van der Waals surface area contributed by atoms with E-state index in [9.17, 15) is 0 Å². The van der Waals surface area contributed by atoms with E-state index in [4.69, 9.17) is 0 Å². The van der Waals surface area contributed by atoms with Crippen molar-refractivity contribution in [3.63, 3.8) is 0 Å². The summed E-state index contributed by atoms with van der Waals surface area (Å²) >= 11 is 0. The fourth-order valence-corrected chi connectivity index (χ4v) is 6.80. The maximum absolute atomic E-state index is 2.51. The predicted octanol–water partition coefficient (Wildman–Crippen LogP) is 10.3. The van der Waals surface area contributed by atoms with E-state index in [0.717, 1.165) is 6.42 Å². The highest BCUT2D eigenvalue weighted by Gasteiger charge is 2.32. The third-order valence-corrected chi connectivity index (χ3v) is 8.60. The summed E-state index contributed by atoms with van der Waals surface area (Å²) < 4.78 is 0. The Balaban J connectivity index is 1.49. The maximum atomic E-state index is 2.51. The SMILES string of the molecule is C1=C(c2ccccc2)c2ccc3c(-c4ccccc4)cc(-c4ccccc4)c4c3c2C(=CC4)C1c1ccccc1. The Morgan fingerprint density at radius 1 is 0.500 bits per heavy atom. The highest BCUT2D eigenvalue weighted by molar-refractivity contribution is 6.13. The molecule has 40 heavy (non-hydrogen) atoms. The molecule has 0 aromatic heterocycles. The third-order valence-electron chi connectivity index (χ3n) is 8.60. The van der Waals surface area contributed by atoms with Crippen molar-refractivity contribution < 1.29 is 0 Å². The van der Waals surface area contributed by atoms with Crippen molar-refractivity contribution in [2.45, 2.75) is 12.3 Å². The zero-order chi connectivity index (χ0) is 26.5. The Morgan fingerprint density at radius 2 is 1.07 bits per heavy atom. The summed E-state index contributed by atoms with van der Waals surface area (Å²) in [7, 11) is 0. The summed E-state index contributed by atoms with van der Waals surface area (Å²) in [5.74, 6) is 0.211. The summed E-state index contributed by atoms with van der Waals surface area (Å²) in [4.78, 5) is 0. The number of hydrogen-bond acceptors (Lipinski definition) is 0. The molecule has 2 aliphatic carbocycles. The lowest BCUT2D eigenvalue weighted by atomic mass is 9.70. The van der Waals surface area contributed by atoms with Gasteiger partial charge in [-0.1, -0.05) is 146 Å². The predicted molar refractivity (Wildman–Crippen MR) is 169 cm³/mol. The van der Waals surface area contributed by atoms with Gasteiger partial charge in [-0.25, -0.2) is 0 Å². The summed E-state index contributed by atoms with van der Waals surface area (Å²) in [6.07, 6.45) is 5.93. The molecule has 6 aromatic rings. The highest BCUT2D eigenvalue weighted by Crippen LogP contribution is 2.52. The van der Waals surface area contributed by atoms with Crippen LogP contribution in [0.15, 0.2) is 152 Å². The number of rotatable bonds is 4. The average Bonchev–Trinajstić information content (AvgIpc) is 3.04. The van der Waals surface area contributed by atoms with Crippen molar-refractivity contribution in [3.05, 3.63) is 179 Å². The van der Waals surface area contributed by atoms with Crippen LogP contribution in [0.25, 0.3) is 44.2 Å². The summed E-state index contributed by atoms with van der Waals surface area (Å²) in [5, 5.41) is 2.75. The zero-order valence-electron chi connectivity index (χ0n) is 22.2. The molecule has 0 amide bonds. The van der Waals surface area contributed by atoms with Crippen LogP contribution in [0.3, 0.4) is 0 Å². The first-order valence-corrected chi connectivity index (χ1v) is 14.1. The molecule has 8 rings (SSSR count). The van der Waals surface area contributed by atoms with E-state index in [-0.39, 0.29) is 5.92 Å². The minimum absolute atomic E-state index is 0.211. The van der Waals surface area contributed by atoms with E-state index in [0.29, 0.717) is 0 Å². The van der Waals surface area contributed by atoms with Crippen molar-refractivity contribution in [2.75, 3.05) is 0 Å². The largest absolute Gasteiger partial charge is 0.0753 e. The van der Waals surface area contributed by atoms with Gasteiger partial charge in [0.15, 0.2) is 0 Å². The van der Waals surface area contributed by atoms with Gasteiger partial charge in [-0.3, -0.25) is 0 Å². The number of allylic oxidation sites excluding steroid dienone is 3. The van der Waals surface area contributed by atoms with Crippen molar-refractivity contribution in [1.29, 1.82) is 0 Å². The number of hydrogen-bond donors (Lipinski definition) is 0. The molecule has 0 fully saturated rings. The molecule has 0 spiro atoms. The molecule has 0 saturated heterocycles. The molecular weight excluding hydrogens is 480 g/mol. The second kappa shape index (κ2) is 9.36.